The predicted octanol–water partition coefficient (Wildman–Crippen LogP) is 2.00. The summed E-state index contributed by atoms with van der Waals surface area (Å²) in [6.45, 7) is 4.78. The van der Waals surface area contributed by atoms with Gasteiger partial charge in [0.05, 0.1) is 12.2 Å². The summed E-state index contributed by atoms with van der Waals surface area (Å²) in [6, 6.07) is 0. The van der Waals surface area contributed by atoms with Gasteiger partial charge in [0, 0.05) is 6.42 Å². The van der Waals surface area contributed by atoms with E-state index in [1.54, 1.807) is 0 Å². The number of nitrogen functional groups attached to an aromatic ring is 1. The molecule has 1 heterocycles. The Labute approximate surface area is 91.7 Å². The molecule has 0 aliphatic carbocycles. The molecule has 0 aromatic carbocycles. The number of nitrogens with zero attached hydrogens (tertiary/aromatic N) is 2. The van der Waals surface area contributed by atoms with Gasteiger partial charge in [-0.15, -0.1) is 6.42 Å². The molecule has 15 heavy (non-hydrogen) atoms. The van der Waals surface area contributed by atoms with Crippen LogP contribution < -0.4 is 5.73 Å². The molecule has 1 rings (SSSR count). The van der Waals surface area contributed by atoms with Crippen molar-refractivity contribution in [1.82, 2.24) is 9.55 Å². The fourth-order valence-corrected chi connectivity index (χ4v) is 1.67. The van der Waals surface area contributed by atoms with Gasteiger partial charge in [-0.1, -0.05) is 26.2 Å². The number of anilines is 1. The van der Waals surface area contributed by atoms with E-state index in [4.69, 9.17) is 12.2 Å². The van der Waals surface area contributed by atoms with Crippen LogP contribution in [0.2, 0.25) is 0 Å². The fourth-order valence-electron chi connectivity index (χ4n) is 1.67. The van der Waals surface area contributed by atoms with Gasteiger partial charge < -0.3 is 10.3 Å². The largest absolute Gasteiger partial charge is 0.384 e. The van der Waals surface area contributed by atoms with Crippen LogP contribution in [0.3, 0.4) is 0 Å². The molecule has 0 aliphatic rings. The maximum absolute atomic E-state index is 6.01. The Bertz CT molecular complexity index is 358. The summed E-state index contributed by atoms with van der Waals surface area (Å²) in [5.41, 5.74) is 7.01. The van der Waals surface area contributed by atoms with Crippen molar-refractivity contribution in [2.45, 2.75) is 46.1 Å². The second kappa shape index (κ2) is 5.45. The lowest BCUT2D eigenvalue weighted by Gasteiger charge is -2.04. The minimum atomic E-state index is 0.526. The minimum Gasteiger partial charge on any atom is -0.384 e. The fraction of sp³-hybridized carbons (Fsp3) is 0.583. The summed E-state index contributed by atoms with van der Waals surface area (Å²) >= 11 is 0. The molecule has 0 saturated heterocycles. The van der Waals surface area contributed by atoms with Gasteiger partial charge >= 0.3 is 0 Å². The third-order valence-electron chi connectivity index (χ3n) is 2.37. The molecule has 1 aromatic heterocycles. The molecule has 3 heteroatoms. The van der Waals surface area contributed by atoms with Crippen LogP contribution in [0.25, 0.3) is 0 Å². The number of terminal acetylenes is 1. The second-order valence-electron chi connectivity index (χ2n) is 3.65. The highest BCUT2D eigenvalue weighted by atomic mass is 15.1. The zero-order valence-electron chi connectivity index (χ0n) is 9.58. The molecular formula is C12H19N3. The van der Waals surface area contributed by atoms with Gasteiger partial charge in [0.25, 0.3) is 0 Å². The van der Waals surface area contributed by atoms with Gasteiger partial charge in [-0.3, -0.25) is 0 Å². The highest BCUT2D eigenvalue weighted by Gasteiger charge is 2.12. The van der Waals surface area contributed by atoms with Crippen molar-refractivity contribution < 1.29 is 0 Å². The molecule has 3 nitrogen and oxygen atoms in total. The van der Waals surface area contributed by atoms with Crippen molar-refractivity contribution >= 4 is 5.82 Å². The molecule has 1 aromatic rings. The summed E-state index contributed by atoms with van der Waals surface area (Å²) in [4.78, 5) is 4.55. The molecule has 0 spiro atoms. The van der Waals surface area contributed by atoms with E-state index in [1.165, 1.54) is 0 Å². The molecule has 2 N–H and O–H groups in total. The van der Waals surface area contributed by atoms with E-state index in [0.717, 1.165) is 43.0 Å². The van der Waals surface area contributed by atoms with E-state index in [2.05, 4.69) is 24.8 Å². The Kier molecular flexibility index (Phi) is 4.23. The number of rotatable bonds is 5. The first-order chi connectivity index (χ1) is 7.24. The quantitative estimate of drug-likeness (QED) is 0.747. The third-order valence-corrected chi connectivity index (χ3v) is 2.37. The van der Waals surface area contributed by atoms with E-state index in [9.17, 15) is 0 Å². The molecule has 0 radical (unpaired) electrons. The van der Waals surface area contributed by atoms with Crippen molar-refractivity contribution in [3.05, 3.63) is 11.5 Å². The maximum atomic E-state index is 6.01. The number of aryl methyl sites for hydroxylation is 2. The van der Waals surface area contributed by atoms with Gasteiger partial charge in [0.15, 0.2) is 0 Å². The standard InChI is InChI=1S/C12H19N3/c1-4-7-10-12(13)15(9-6-3)11(14-10)8-5-2/h3H,4-5,7-9,13H2,1-2H3. The normalized spacial score (nSPS) is 10.2. The summed E-state index contributed by atoms with van der Waals surface area (Å²) < 4.78 is 1.95. The Morgan fingerprint density at radius 3 is 2.53 bits per heavy atom. The third kappa shape index (κ3) is 2.53. The summed E-state index contributed by atoms with van der Waals surface area (Å²) in [7, 11) is 0. The highest BCUT2D eigenvalue weighted by molar-refractivity contribution is 5.39. The van der Waals surface area contributed by atoms with E-state index in [-0.39, 0.29) is 0 Å². The average Bonchev–Trinajstić information content (AvgIpc) is 2.49. The Hall–Kier alpha value is -1.43. The smallest absolute Gasteiger partial charge is 0.127 e. The van der Waals surface area contributed by atoms with E-state index in [0.29, 0.717) is 6.54 Å². The lowest BCUT2D eigenvalue weighted by molar-refractivity contribution is 0.732. The molecule has 0 bridgehead atoms. The predicted molar refractivity (Wildman–Crippen MR) is 63.5 cm³/mol. The summed E-state index contributed by atoms with van der Waals surface area (Å²) in [6.07, 6.45) is 9.31. The van der Waals surface area contributed by atoms with Crippen LogP contribution >= 0.6 is 0 Å². The highest BCUT2D eigenvalue weighted by Crippen LogP contribution is 2.17. The Morgan fingerprint density at radius 1 is 1.33 bits per heavy atom. The molecule has 82 valence electrons. The number of nitrogens with two attached hydrogens (primary N) is 1. The number of hydrogen-bond donors (Lipinski definition) is 1. The Balaban J connectivity index is 3.03. The average molecular weight is 205 g/mol. The summed E-state index contributed by atoms with van der Waals surface area (Å²) in [5.74, 6) is 4.39. The van der Waals surface area contributed by atoms with E-state index >= 15 is 0 Å². The lowest BCUT2D eigenvalue weighted by Crippen LogP contribution is -2.06. The molecule has 0 fully saturated rings. The van der Waals surface area contributed by atoms with Crippen LogP contribution in [0, 0.1) is 12.3 Å². The van der Waals surface area contributed by atoms with Gasteiger partial charge in [-0.05, 0) is 12.8 Å². The minimum absolute atomic E-state index is 0.526. The van der Waals surface area contributed by atoms with Crippen molar-refractivity contribution in [2.75, 3.05) is 5.73 Å². The first-order valence-corrected chi connectivity index (χ1v) is 5.51. The zero-order valence-corrected chi connectivity index (χ0v) is 9.58. The van der Waals surface area contributed by atoms with E-state index < -0.39 is 0 Å². The van der Waals surface area contributed by atoms with E-state index in [1.807, 2.05) is 4.57 Å². The SMILES string of the molecule is C#CCn1c(CCC)nc(CCC)c1N. The second-order valence-corrected chi connectivity index (χ2v) is 3.65. The Morgan fingerprint density at radius 2 is 2.00 bits per heavy atom. The van der Waals surface area contributed by atoms with Gasteiger partial charge in [0.2, 0.25) is 0 Å². The molecule has 0 aliphatic heterocycles. The molecule has 0 atom stereocenters. The van der Waals surface area contributed by atoms with Crippen LogP contribution in [-0.2, 0) is 19.4 Å². The summed E-state index contributed by atoms with van der Waals surface area (Å²) in [5, 5.41) is 0. The van der Waals surface area contributed by atoms with Gasteiger partial charge in [0.1, 0.15) is 11.6 Å². The molecular weight excluding hydrogens is 186 g/mol. The molecule has 0 saturated carbocycles. The first kappa shape index (κ1) is 11.6. The number of imidazole rings is 1. The van der Waals surface area contributed by atoms with Crippen LogP contribution in [-0.4, -0.2) is 9.55 Å². The van der Waals surface area contributed by atoms with Gasteiger partial charge in [-0.25, -0.2) is 4.98 Å². The van der Waals surface area contributed by atoms with Crippen LogP contribution in [0.15, 0.2) is 0 Å². The number of aromatic nitrogens is 2. The van der Waals surface area contributed by atoms with Crippen LogP contribution in [0.1, 0.15) is 38.2 Å². The molecule has 0 amide bonds. The van der Waals surface area contributed by atoms with Crippen molar-refractivity contribution in [3.8, 4) is 12.3 Å². The van der Waals surface area contributed by atoms with Crippen molar-refractivity contribution in [1.29, 1.82) is 0 Å². The topological polar surface area (TPSA) is 43.8 Å². The van der Waals surface area contributed by atoms with Gasteiger partial charge in [-0.2, -0.15) is 0 Å². The van der Waals surface area contributed by atoms with Crippen LogP contribution in [0.5, 0.6) is 0 Å². The van der Waals surface area contributed by atoms with Crippen molar-refractivity contribution in [2.24, 2.45) is 0 Å². The number of hydrogen-bond acceptors (Lipinski definition) is 2. The van der Waals surface area contributed by atoms with Crippen LogP contribution in [0.4, 0.5) is 5.82 Å². The lowest BCUT2D eigenvalue weighted by atomic mass is 10.2. The maximum Gasteiger partial charge on any atom is 0.127 e. The zero-order chi connectivity index (χ0) is 11.3. The first-order valence-electron chi connectivity index (χ1n) is 5.51. The molecule has 0 unspecified atom stereocenters. The monoisotopic (exact) mass is 205 g/mol. The van der Waals surface area contributed by atoms with Crippen molar-refractivity contribution in [3.63, 3.8) is 0 Å².